The van der Waals surface area contributed by atoms with Gasteiger partial charge >= 0.3 is 0 Å². The molecule has 0 aliphatic carbocycles. The van der Waals surface area contributed by atoms with E-state index in [-0.39, 0.29) is 0 Å². The van der Waals surface area contributed by atoms with Crippen LogP contribution in [0.2, 0.25) is 5.02 Å². The summed E-state index contributed by atoms with van der Waals surface area (Å²) in [5, 5.41) is 0.735. The summed E-state index contributed by atoms with van der Waals surface area (Å²) in [6.45, 7) is 11.3. The molecule has 0 aromatic heterocycles. The van der Waals surface area contributed by atoms with Crippen molar-refractivity contribution in [3.05, 3.63) is 142 Å². The molecule has 0 saturated carbocycles. The van der Waals surface area contributed by atoms with Crippen molar-refractivity contribution in [3.8, 4) is 0 Å². The molecule has 0 saturated heterocycles. The Balaban J connectivity index is 1.71. The smallest absolute Gasteiger partial charge is 0.0887 e. The Kier molecular flexibility index (Phi) is 14.0. The SMILES string of the molecule is CCCCc1ccc(N(c2ccccc2)c2cc(C)cc(N(c3cccc(CCCC)c3)c3ccc(CCCC)c(CCCC)c3)c2Cl)cc1. The highest BCUT2D eigenvalue weighted by Gasteiger charge is 2.24. The Bertz CT molecular complexity index is 1780. The zero-order chi connectivity index (χ0) is 35.3. The topological polar surface area (TPSA) is 6.48 Å². The Labute approximate surface area is 308 Å². The molecule has 0 amide bonds. The summed E-state index contributed by atoms with van der Waals surface area (Å²) < 4.78 is 0. The van der Waals surface area contributed by atoms with Gasteiger partial charge in [-0.3, -0.25) is 0 Å². The van der Waals surface area contributed by atoms with E-state index in [1.807, 2.05) is 0 Å². The molecule has 0 atom stereocenters. The Morgan fingerprint density at radius 3 is 1.58 bits per heavy atom. The Morgan fingerprint density at radius 1 is 0.440 bits per heavy atom. The number of hydrogen-bond acceptors (Lipinski definition) is 2. The molecule has 0 spiro atoms. The van der Waals surface area contributed by atoms with Crippen molar-refractivity contribution in [2.75, 3.05) is 9.80 Å². The minimum Gasteiger partial charge on any atom is -0.309 e. The van der Waals surface area contributed by atoms with E-state index in [9.17, 15) is 0 Å². The Hall–Kier alpha value is -4.01. The summed E-state index contributed by atoms with van der Waals surface area (Å²) in [6, 6.07) is 40.4. The third kappa shape index (κ3) is 9.40. The number of anilines is 6. The van der Waals surface area contributed by atoms with Gasteiger partial charge in [-0.15, -0.1) is 0 Å². The quantitative estimate of drug-likeness (QED) is 0.0906. The van der Waals surface area contributed by atoms with Crippen LogP contribution < -0.4 is 9.80 Å². The maximum atomic E-state index is 7.73. The first-order valence-electron chi connectivity index (χ1n) is 19.2. The van der Waals surface area contributed by atoms with E-state index in [0.717, 1.165) is 70.4 Å². The predicted molar refractivity (Wildman–Crippen MR) is 220 cm³/mol. The van der Waals surface area contributed by atoms with Gasteiger partial charge in [-0.25, -0.2) is 0 Å². The summed E-state index contributed by atoms with van der Waals surface area (Å²) in [7, 11) is 0. The van der Waals surface area contributed by atoms with Crippen LogP contribution in [0.5, 0.6) is 0 Å². The summed E-state index contributed by atoms with van der Waals surface area (Å²) in [5.41, 5.74) is 13.3. The molecule has 5 rings (SSSR count). The molecular weight excluding hydrogens is 628 g/mol. The summed E-state index contributed by atoms with van der Waals surface area (Å²) >= 11 is 7.73. The lowest BCUT2D eigenvalue weighted by Gasteiger charge is -2.32. The molecule has 0 aliphatic rings. The zero-order valence-electron chi connectivity index (χ0n) is 31.1. The highest BCUT2D eigenvalue weighted by atomic mass is 35.5. The van der Waals surface area contributed by atoms with E-state index in [4.69, 9.17) is 11.6 Å². The van der Waals surface area contributed by atoms with Gasteiger partial charge in [-0.05, 0) is 147 Å². The molecule has 50 heavy (non-hydrogen) atoms. The van der Waals surface area contributed by atoms with Gasteiger partial charge in [0.15, 0.2) is 0 Å². The molecule has 5 aromatic rings. The lowest BCUT2D eigenvalue weighted by Crippen LogP contribution is -2.15. The van der Waals surface area contributed by atoms with E-state index in [2.05, 4.69) is 154 Å². The number of halogens is 1. The van der Waals surface area contributed by atoms with Crippen LogP contribution in [-0.4, -0.2) is 0 Å². The molecule has 0 unspecified atom stereocenters. The van der Waals surface area contributed by atoms with Crippen molar-refractivity contribution in [2.24, 2.45) is 0 Å². The summed E-state index contributed by atoms with van der Waals surface area (Å²) in [4.78, 5) is 4.73. The number of aryl methyl sites for hydroxylation is 5. The highest BCUT2D eigenvalue weighted by Crippen LogP contribution is 2.48. The minimum atomic E-state index is 0.735. The highest BCUT2D eigenvalue weighted by molar-refractivity contribution is 6.36. The van der Waals surface area contributed by atoms with Crippen LogP contribution in [-0.2, 0) is 25.7 Å². The molecule has 0 fully saturated rings. The molecule has 3 heteroatoms. The normalized spacial score (nSPS) is 11.2. The lowest BCUT2D eigenvalue weighted by atomic mass is 9.96. The number of unbranched alkanes of at least 4 members (excludes halogenated alkanes) is 4. The largest absolute Gasteiger partial charge is 0.309 e. The average Bonchev–Trinajstić information content (AvgIpc) is 3.14. The first-order valence-corrected chi connectivity index (χ1v) is 19.6. The van der Waals surface area contributed by atoms with Gasteiger partial charge in [0.2, 0.25) is 0 Å². The van der Waals surface area contributed by atoms with Crippen molar-refractivity contribution >= 4 is 45.7 Å². The molecular formula is C47H57ClN2. The van der Waals surface area contributed by atoms with E-state index >= 15 is 0 Å². The van der Waals surface area contributed by atoms with Gasteiger partial charge in [-0.2, -0.15) is 0 Å². The second kappa shape index (κ2) is 18.8. The van der Waals surface area contributed by atoms with E-state index in [1.165, 1.54) is 73.6 Å². The lowest BCUT2D eigenvalue weighted by molar-refractivity contribution is 0.758. The Morgan fingerprint density at radius 2 is 0.940 bits per heavy atom. The van der Waals surface area contributed by atoms with Gasteiger partial charge in [0.05, 0.1) is 16.4 Å². The zero-order valence-corrected chi connectivity index (χ0v) is 31.9. The monoisotopic (exact) mass is 684 g/mol. The first kappa shape index (κ1) is 37.3. The van der Waals surface area contributed by atoms with Crippen LogP contribution in [0.4, 0.5) is 34.1 Å². The number of benzene rings is 5. The van der Waals surface area contributed by atoms with Crippen LogP contribution in [0.3, 0.4) is 0 Å². The van der Waals surface area contributed by atoms with E-state index in [0.29, 0.717) is 0 Å². The minimum absolute atomic E-state index is 0.735. The fraction of sp³-hybridized carbons (Fsp3) is 0.362. The van der Waals surface area contributed by atoms with Gasteiger partial charge in [-0.1, -0.05) is 114 Å². The number of rotatable bonds is 18. The van der Waals surface area contributed by atoms with Crippen molar-refractivity contribution < 1.29 is 0 Å². The summed E-state index contributed by atoms with van der Waals surface area (Å²) in [5.74, 6) is 0. The molecule has 0 radical (unpaired) electrons. The standard InChI is InChI=1S/C47H57ClN2/c1-6-10-18-37-26-29-42(30-27-37)49(41-23-15-14-16-24-41)45-32-36(5)33-46(47(45)48)50(43-25-17-20-38(34-43)19-11-7-2)44-31-28-39(21-12-8-3)40(35-44)22-13-9-4/h14-17,20,23-35H,6-13,18-19,21-22H2,1-5H3. The molecule has 0 bridgehead atoms. The molecule has 0 aliphatic heterocycles. The third-order valence-corrected chi connectivity index (χ3v) is 10.1. The molecule has 0 heterocycles. The maximum absolute atomic E-state index is 7.73. The van der Waals surface area contributed by atoms with Crippen LogP contribution >= 0.6 is 11.6 Å². The van der Waals surface area contributed by atoms with Crippen molar-refractivity contribution in [2.45, 2.75) is 112 Å². The second-order valence-corrected chi connectivity index (χ2v) is 14.2. The van der Waals surface area contributed by atoms with Crippen molar-refractivity contribution in [3.63, 3.8) is 0 Å². The fourth-order valence-electron chi connectivity index (χ4n) is 6.87. The van der Waals surface area contributed by atoms with Crippen LogP contribution in [0.1, 0.15) is 107 Å². The molecule has 0 N–H and O–H groups in total. The molecule has 262 valence electrons. The van der Waals surface area contributed by atoms with Crippen LogP contribution in [0, 0.1) is 6.92 Å². The first-order chi connectivity index (χ1) is 24.5. The number of nitrogens with zero attached hydrogens (tertiary/aromatic N) is 2. The average molecular weight is 685 g/mol. The molecule has 5 aromatic carbocycles. The van der Waals surface area contributed by atoms with Gasteiger partial charge in [0.25, 0.3) is 0 Å². The van der Waals surface area contributed by atoms with Gasteiger partial charge < -0.3 is 9.80 Å². The molecule has 2 nitrogen and oxygen atoms in total. The fourth-order valence-corrected chi connectivity index (χ4v) is 7.15. The second-order valence-electron chi connectivity index (χ2n) is 13.8. The third-order valence-electron chi connectivity index (χ3n) is 9.72. The van der Waals surface area contributed by atoms with Crippen molar-refractivity contribution in [1.82, 2.24) is 0 Å². The van der Waals surface area contributed by atoms with Crippen molar-refractivity contribution in [1.29, 1.82) is 0 Å². The maximum Gasteiger partial charge on any atom is 0.0887 e. The predicted octanol–water partition coefficient (Wildman–Crippen LogP) is 15.0. The van der Waals surface area contributed by atoms with Gasteiger partial charge in [0, 0.05) is 22.7 Å². The summed E-state index contributed by atoms with van der Waals surface area (Å²) in [6.07, 6.45) is 13.9. The van der Waals surface area contributed by atoms with Crippen LogP contribution in [0.15, 0.2) is 109 Å². The van der Waals surface area contributed by atoms with Crippen LogP contribution in [0.25, 0.3) is 0 Å². The van der Waals surface area contributed by atoms with E-state index < -0.39 is 0 Å². The number of hydrogen-bond donors (Lipinski definition) is 0. The van der Waals surface area contributed by atoms with Gasteiger partial charge in [0.1, 0.15) is 0 Å². The van der Waals surface area contributed by atoms with E-state index in [1.54, 1.807) is 0 Å². The number of para-hydroxylation sites is 1.